The maximum Gasteiger partial charge on any atom is 0.227 e. The van der Waals surface area contributed by atoms with E-state index >= 15 is 0 Å². The van der Waals surface area contributed by atoms with E-state index in [4.69, 9.17) is 0 Å². The van der Waals surface area contributed by atoms with E-state index in [0.29, 0.717) is 6.42 Å². The molecule has 0 bridgehead atoms. The molecule has 20 heavy (non-hydrogen) atoms. The van der Waals surface area contributed by atoms with Crippen molar-refractivity contribution < 1.29 is 4.79 Å². The number of benzene rings is 1. The van der Waals surface area contributed by atoms with Crippen molar-refractivity contribution in [2.75, 3.05) is 26.2 Å². The highest BCUT2D eigenvalue weighted by atomic mass is 35.5. The molecular formula is C16H23ClN2O. The molecule has 1 aliphatic carbocycles. The zero-order chi connectivity index (χ0) is 13.1. The van der Waals surface area contributed by atoms with E-state index in [0.717, 1.165) is 32.6 Å². The van der Waals surface area contributed by atoms with Crippen LogP contribution in [0, 0.1) is 0 Å². The molecular weight excluding hydrogens is 272 g/mol. The molecule has 3 nitrogen and oxygen atoms in total. The van der Waals surface area contributed by atoms with Crippen LogP contribution in [0.5, 0.6) is 0 Å². The number of halogens is 1. The largest absolute Gasteiger partial charge is 0.341 e. The third kappa shape index (κ3) is 3.53. The van der Waals surface area contributed by atoms with Gasteiger partial charge in [-0.3, -0.25) is 4.79 Å². The lowest BCUT2D eigenvalue weighted by Gasteiger charge is -2.20. The highest BCUT2D eigenvalue weighted by Crippen LogP contribution is 2.23. The van der Waals surface area contributed by atoms with Crippen molar-refractivity contribution in [2.24, 2.45) is 0 Å². The quantitative estimate of drug-likeness (QED) is 0.904. The fourth-order valence-electron chi connectivity index (χ4n) is 3.12. The van der Waals surface area contributed by atoms with E-state index in [9.17, 15) is 4.79 Å². The first-order valence-corrected chi connectivity index (χ1v) is 7.42. The van der Waals surface area contributed by atoms with E-state index < -0.39 is 0 Å². The molecule has 0 spiro atoms. The molecule has 1 fully saturated rings. The van der Waals surface area contributed by atoms with Crippen LogP contribution in [0.4, 0.5) is 0 Å². The minimum Gasteiger partial charge on any atom is -0.341 e. The molecule has 4 heteroatoms. The second-order valence-corrected chi connectivity index (χ2v) is 5.62. The lowest BCUT2D eigenvalue weighted by atomic mass is 10.0. The van der Waals surface area contributed by atoms with E-state index in [1.54, 1.807) is 0 Å². The Balaban J connectivity index is 0.00000147. The third-order valence-corrected chi connectivity index (χ3v) is 4.21. The molecule has 110 valence electrons. The summed E-state index contributed by atoms with van der Waals surface area (Å²) >= 11 is 0. The Morgan fingerprint density at radius 1 is 1.10 bits per heavy atom. The predicted molar refractivity (Wildman–Crippen MR) is 83.5 cm³/mol. The van der Waals surface area contributed by atoms with Crippen LogP contribution in [0.2, 0.25) is 0 Å². The van der Waals surface area contributed by atoms with Gasteiger partial charge in [0.2, 0.25) is 5.91 Å². The fourth-order valence-corrected chi connectivity index (χ4v) is 3.12. The standard InChI is InChI=1S/C16H22N2O.ClH/c19-16(18-9-2-7-17-8-10-18)12-13-5-6-14-3-1-4-15(14)11-13;/h5-6,11,17H,1-4,7-10,12H2;1H. The zero-order valence-corrected chi connectivity index (χ0v) is 12.7. The van der Waals surface area contributed by atoms with Gasteiger partial charge in [0, 0.05) is 19.6 Å². The summed E-state index contributed by atoms with van der Waals surface area (Å²) in [6, 6.07) is 6.60. The first-order valence-electron chi connectivity index (χ1n) is 7.42. The van der Waals surface area contributed by atoms with E-state index in [2.05, 4.69) is 23.5 Å². The number of carbonyl (C=O) groups is 1. The number of fused-ring (bicyclic) bond motifs is 1. The van der Waals surface area contributed by atoms with E-state index in [1.165, 1.54) is 36.0 Å². The van der Waals surface area contributed by atoms with Gasteiger partial charge in [0.05, 0.1) is 6.42 Å². The molecule has 1 saturated heterocycles. The van der Waals surface area contributed by atoms with Gasteiger partial charge in [0.1, 0.15) is 0 Å². The zero-order valence-electron chi connectivity index (χ0n) is 11.9. The number of hydrogen-bond donors (Lipinski definition) is 1. The summed E-state index contributed by atoms with van der Waals surface area (Å²) in [4.78, 5) is 14.3. The molecule has 1 amide bonds. The van der Waals surface area contributed by atoms with Gasteiger partial charge >= 0.3 is 0 Å². The number of nitrogens with zero attached hydrogens (tertiary/aromatic N) is 1. The molecule has 0 unspecified atom stereocenters. The van der Waals surface area contributed by atoms with Crippen molar-refractivity contribution in [2.45, 2.75) is 32.1 Å². The molecule has 0 aromatic heterocycles. The predicted octanol–water partition coefficient (Wildman–Crippen LogP) is 1.96. The molecule has 0 saturated carbocycles. The third-order valence-electron chi connectivity index (χ3n) is 4.21. The molecule has 1 heterocycles. The van der Waals surface area contributed by atoms with Crippen molar-refractivity contribution >= 4 is 18.3 Å². The summed E-state index contributed by atoms with van der Waals surface area (Å²) in [7, 11) is 0. The first kappa shape index (κ1) is 15.3. The molecule has 1 aliphatic heterocycles. The Labute approximate surface area is 127 Å². The van der Waals surface area contributed by atoms with Crippen molar-refractivity contribution in [3.63, 3.8) is 0 Å². The molecule has 2 aliphatic rings. The number of carbonyl (C=O) groups excluding carboxylic acids is 1. The number of aryl methyl sites for hydroxylation is 2. The summed E-state index contributed by atoms with van der Waals surface area (Å²) in [5, 5.41) is 3.34. The molecule has 0 radical (unpaired) electrons. The summed E-state index contributed by atoms with van der Waals surface area (Å²) in [6.45, 7) is 3.71. The van der Waals surface area contributed by atoms with Crippen LogP contribution in [0.3, 0.4) is 0 Å². The van der Waals surface area contributed by atoms with Crippen LogP contribution in [-0.4, -0.2) is 37.0 Å². The van der Waals surface area contributed by atoms with Crippen molar-refractivity contribution in [3.8, 4) is 0 Å². The second kappa shape index (κ2) is 7.09. The molecule has 0 atom stereocenters. The SMILES string of the molecule is Cl.O=C(Cc1ccc2c(c1)CCC2)N1CCCNCC1. The Hall–Kier alpha value is -1.06. The summed E-state index contributed by atoms with van der Waals surface area (Å²) in [5.74, 6) is 0.279. The number of amides is 1. The maximum absolute atomic E-state index is 12.3. The lowest BCUT2D eigenvalue weighted by molar-refractivity contribution is -0.130. The van der Waals surface area contributed by atoms with Crippen LogP contribution < -0.4 is 5.32 Å². The Morgan fingerprint density at radius 3 is 2.85 bits per heavy atom. The van der Waals surface area contributed by atoms with Crippen LogP contribution in [0.15, 0.2) is 18.2 Å². The Bertz CT molecular complexity index is 468. The summed E-state index contributed by atoms with van der Waals surface area (Å²) in [5.41, 5.74) is 4.13. The minimum absolute atomic E-state index is 0. The average Bonchev–Trinajstić information content (AvgIpc) is 2.71. The van der Waals surface area contributed by atoms with Crippen molar-refractivity contribution in [1.29, 1.82) is 0 Å². The molecule has 1 aromatic rings. The monoisotopic (exact) mass is 294 g/mol. The van der Waals surface area contributed by atoms with Gasteiger partial charge in [-0.1, -0.05) is 18.2 Å². The van der Waals surface area contributed by atoms with Gasteiger partial charge in [-0.05, 0) is 48.9 Å². The minimum atomic E-state index is 0. The molecule has 1 N–H and O–H groups in total. The Kier molecular flexibility index (Phi) is 5.44. The van der Waals surface area contributed by atoms with Crippen molar-refractivity contribution in [3.05, 3.63) is 34.9 Å². The summed E-state index contributed by atoms with van der Waals surface area (Å²) in [6.07, 6.45) is 5.29. The maximum atomic E-state index is 12.3. The van der Waals surface area contributed by atoms with Gasteiger partial charge in [-0.25, -0.2) is 0 Å². The second-order valence-electron chi connectivity index (χ2n) is 5.62. The first-order chi connectivity index (χ1) is 9.33. The summed E-state index contributed by atoms with van der Waals surface area (Å²) < 4.78 is 0. The topological polar surface area (TPSA) is 32.3 Å². The smallest absolute Gasteiger partial charge is 0.227 e. The average molecular weight is 295 g/mol. The van der Waals surface area contributed by atoms with E-state index in [1.807, 2.05) is 4.90 Å². The van der Waals surface area contributed by atoms with Gasteiger partial charge < -0.3 is 10.2 Å². The number of nitrogens with one attached hydrogen (secondary N) is 1. The Morgan fingerprint density at radius 2 is 1.95 bits per heavy atom. The highest BCUT2D eigenvalue weighted by molar-refractivity contribution is 5.85. The van der Waals surface area contributed by atoms with Gasteiger partial charge in [-0.15, -0.1) is 12.4 Å². The van der Waals surface area contributed by atoms with E-state index in [-0.39, 0.29) is 18.3 Å². The lowest BCUT2D eigenvalue weighted by Crippen LogP contribution is -2.35. The van der Waals surface area contributed by atoms with Gasteiger partial charge in [0.25, 0.3) is 0 Å². The molecule has 1 aromatic carbocycles. The molecule has 3 rings (SSSR count). The van der Waals surface area contributed by atoms with Crippen LogP contribution in [0.25, 0.3) is 0 Å². The van der Waals surface area contributed by atoms with Gasteiger partial charge in [-0.2, -0.15) is 0 Å². The van der Waals surface area contributed by atoms with Crippen molar-refractivity contribution in [1.82, 2.24) is 10.2 Å². The van der Waals surface area contributed by atoms with Gasteiger partial charge in [0.15, 0.2) is 0 Å². The fraction of sp³-hybridized carbons (Fsp3) is 0.562. The van der Waals surface area contributed by atoms with Crippen LogP contribution in [-0.2, 0) is 24.1 Å². The van der Waals surface area contributed by atoms with Crippen LogP contribution in [0.1, 0.15) is 29.5 Å². The normalized spacial score (nSPS) is 18.1. The highest BCUT2D eigenvalue weighted by Gasteiger charge is 2.17. The van der Waals surface area contributed by atoms with Crippen LogP contribution >= 0.6 is 12.4 Å². The number of rotatable bonds is 2. The number of hydrogen-bond acceptors (Lipinski definition) is 2.